The van der Waals surface area contributed by atoms with Gasteiger partial charge in [-0.1, -0.05) is 0 Å². The lowest BCUT2D eigenvalue weighted by atomic mass is 9.92. The minimum atomic E-state index is -0.753. The lowest BCUT2D eigenvalue weighted by Crippen LogP contribution is -2.30. The van der Waals surface area contributed by atoms with Crippen LogP contribution in [0, 0.1) is 17.8 Å². The first-order chi connectivity index (χ1) is 9.65. The first-order valence-corrected chi connectivity index (χ1v) is 7.97. The number of hydrogen-bond donors (Lipinski definition) is 1. The molecule has 0 unspecified atom stereocenters. The van der Waals surface area contributed by atoms with Gasteiger partial charge in [-0.3, -0.25) is 9.59 Å². The number of carboxylic acid groups (broad SMARTS) is 1. The average Bonchev–Trinajstić information content (AvgIpc) is 2.97. The molecule has 0 bridgehead atoms. The van der Waals surface area contributed by atoms with Gasteiger partial charge in [-0.15, -0.1) is 11.3 Å². The number of likely N-dealkylation sites (tertiary alicyclic amines) is 1. The highest BCUT2D eigenvalue weighted by molar-refractivity contribution is 7.07. The molecule has 6 heteroatoms. The molecule has 3 rings (SSSR count). The molecule has 0 aromatic carbocycles. The lowest BCUT2D eigenvalue weighted by Gasteiger charge is -2.15. The van der Waals surface area contributed by atoms with Crippen LogP contribution in [0.15, 0.2) is 10.9 Å². The second-order valence-corrected chi connectivity index (χ2v) is 6.44. The number of aliphatic carboxylic acids is 1. The van der Waals surface area contributed by atoms with Gasteiger partial charge < -0.3 is 10.0 Å². The highest BCUT2D eigenvalue weighted by atomic mass is 32.1. The van der Waals surface area contributed by atoms with Crippen molar-refractivity contribution in [2.75, 3.05) is 13.1 Å². The fraction of sp³-hybridized carbons (Fsp3) is 0.643. The number of amides is 1. The maximum atomic E-state index is 12.2. The van der Waals surface area contributed by atoms with Gasteiger partial charge in [-0.25, -0.2) is 4.98 Å². The van der Waals surface area contributed by atoms with Crippen LogP contribution in [0.25, 0.3) is 0 Å². The van der Waals surface area contributed by atoms with Gasteiger partial charge in [0.2, 0.25) is 5.91 Å². The number of aromatic nitrogens is 1. The number of carbonyl (C=O) groups excluding carboxylic acids is 1. The first-order valence-electron chi connectivity index (χ1n) is 7.03. The molecular weight excluding hydrogens is 276 g/mol. The van der Waals surface area contributed by atoms with Crippen LogP contribution in [0.4, 0.5) is 0 Å². The fourth-order valence-corrected chi connectivity index (χ4v) is 3.64. The van der Waals surface area contributed by atoms with E-state index in [2.05, 4.69) is 4.98 Å². The van der Waals surface area contributed by atoms with Crippen LogP contribution >= 0.6 is 11.3 Å². The Kier molecular flexibility index (Phi) is 3.74. The van der Waals surface area contributed by atoms with Crippen LogP contribution in [-0.2, 0) is 16.0 Å². The van der Waals surface area contributed by atoms with E-state index >= 15 is 0 Å². The van der Waals surface area contributed by atoms with Gasteiger partial charge in [0.15, 0.2) is 0 Å². The number of rotatable bonds is 5. The summed E-state index contributed by atoms with van der Waals surface area (Å²) in [5, 5.41) is 11.2. The molecule has 0 radical (unpaired) electrons. The summed E-state index contributed by atoms with van der Waals surface area (Å²) in [6, 6.07) is 0. The maximum Gasteiger partial charge on any atom is 0.308 e. The van der Waals surface area contributed by atoms with Crippen LogP contribution in [-0.4, -0.2) is 40.0 Å². The maximum absolute atomic E-state index is 12.2. The molecule has 1 saturated heterocycles. The Morgan fingerprint density at radius 3 is 2.80 bits per heavy atom. The predicted octanol–water partition coefficient (Wildman–Crippen LogP) is 1.64. The highest BCUT2D eigenvalue weighted by Crippen LogP contribution is 2.44. The normalized spacial score (nSPS) is 25.9. The van der Waals surface area contributed by atoms with Crippen molar-refractivity contribution in [2.45, 2.75) is 25.7 Å². The summed E-state index contributed by atoms with van der Waals surface area (Å²) in [5.74, 6) is -0.377. The van der Waals surface area contributed by atoms with E-state index in [1.54, 1.807) is 10.4 Å². The van der Waals surface area contributed by atoms with Crippen molar-refractivity contribution in [1.29, 1.82) is 0 Å². The van der Waals surface area contributed by atoms with Gasteiger partial charge in [-0.05, 0) is 31.1 Å². The molecule has 1 aliphatic carbocycles. The quantitative estimate of drug-likeness (QED) is 0.896. The van der Waals surface area contributed by atoms with Crippen LogP contribution in [0.5, 0.6) is 0 Å². The number of thiazole rings is 1. The molecule has 1 amide bonds. The van der Waals surface area contributed by atoms with Crippen molar-refractivity contribution in [3.8, 4) is 0 Å². The summed E-state index contributed by atoms with van der Waals surface area (Å²) in [6.07, 6.45) is 3.31. The summed E-state index contributed by atoms with van der Waals surface area (Å²) >= 11 is 1.53. The van der Waals surface area contributed by atoms with Crippen molar-refractivity contribution >= 4 is 23.2 Å². The largest absolute Gasteiger partial charge is 0.481 e. The minimum Gasteiger partial charge on any atom is -0.481 e. The van der Waals surface area contributed by atoms with Gasteiger partial charge in [0, 0.05) is 24.9 Å². The lowest BCUT2D eigenvalue weighted by molar-refractivity contribution is -0.142. The van der Waals surface area contributed by atoms with E-state index in [9.17, 15) is 14.7 Å². The number of hydrogen-bond acceptors (Lipinski definition) is 4. The van der Waals surface area contributed by atoms with E-state index in [0.29, 0.717) is 31.8 Å². The van der Waals surface area contributed by atoms with Crippen LogP contribution < -0.4 is 0 Å². The Bertz CT molecular complexity index is 499. The number of nitrogens with zero attached hydrogens (tertiary/aromatic N) is 2. The molecule has 2 fully saturated rings. The van der Waals surface area contributed by atoms with Crippen molar-refractivity contribution in [1.82, 2.24) is 9.88 Å². The molecule has 2 aliphatic rings. The van der Waals surface area contributed by atoms with E-state index in [4.69, 9.17) is 0 Å². The molecule has 2 heterocycles. The fourth-order valence-electron chi connectivity index (χ4n) is 3.05. The molecule has 108 valence electrons. The topological polar surface area (TPSA) is 70.5 Å². The summed E-state index contributed by atoms with van der Waals surface area (Å²) < 4.78 is 0. The zero-order valence-corrected chi connectivity index (χ0v) is 12.0. The SMILES string of the molecule is O=C(O)[C@H]1CN(C(=O)CCc2cscn2)C[C@@H]1C1CC1. The van der Waals surface area contributed by atoms with Crippen molar-refractivity contribution < 1.29 is 14.7 Å². The number of carboxylic acids is 1. The average molecular weight is 294 g/mol. The molecule has 1 saturated carbocycles. The molecule has 20 heavy (non-hydrogen) atoms. The van der Waals surface area contributed by atoms with Gasteiger partial charge in [0.05, 0.1) is 17.1 Å². The molecule has 1 aromatic heterocycles. The van der Waals surface area contributed by atoms with Crippen LogP contribution in [0.2, 0.25) is 0 Å². The summed E-state index contributed by atoms with van der Waals surface area (Å²) in [4.78, 5) is 29.4. The molecular formula is C14H18N2O3S. The molecule has 0 spiro atoms. The Morgan fingerprint density at radius 2 is 2.20 bits per heavy atom. The molecule has 2 atom stereocenters. The zero-order chi connectivity index (χ0) is 14.1. The van der Waals surface area contributed by atoms with Gasteiger partial charge in [0.25, 0.3) is 0 Å². The molecule has 1 aliphatic heterocycles. The Morgan fingerprint density at radius 1 is 1.40 bits per heavy atom. The van der Waals surface area contributed by atoms with Crippen molar-refractivity contribution in [3.05, 3.63) is 16.6 Å². The third-order valence-electron chi connectivity index (χ3n) is 4.34. The van der Waals surface area contributed by atoms with Gasteiger partial charge >= 0.3 is 5.97 Å². The minimum absolute atomic E-state index is 0.0624. The van der Waals surface area contributed by atoms with Crippen molar-refractivity contribution in [2.24, 2.45) is 17.8 Å². The smallest absolute Gasteiger partial charge is 0.308 e. The second-order valence-electron chi connectivity index (χ2n) is 5.72. The first kappa shape index (κ1) is 13.5. The van der Waals surface area contributed by atoms with E-state index in [-0.39, 0.29) is 17.7 Å². The third kappa shape index (κ3) is 2.85. The van der Waals surface area contributed by atoms with E-state index in [0.717, 1.165) is 18.5 Å². The van der Waals surface area contributed by atoms with Crippen LogP contribution in [0.1, 0.15) is 25.0 Å². The summed E-state index contributed by atoms with van der Waals surface area (Å²) in [6.45, 7) is 1.00. The third-order valence-corrected chi connectivity index (χ3v) is 4.98. The van der Waals surface area contributed by atoms with Crippen LogP contribution in [0.3, 0.4) is 0 Å². The van der Waals surface area contributed by atoms with E-state index in [1.807, 2.05) is 5.38 Å². The van der Waals surface area contributed by atoms with E-state index in [1.165, 1.54) is 11.3 Å². The summed E-state index contributed by atoms with van der Waals surface area (Å²) in [5.41, 5.74) is 2.70. The Labute approximate surface area is 121 Å². The highest BCUT2D eigenvalue weighted by Gasteiger charge is 2.46. The number of aryl methyl sites for hydroxylation is 1. The Hall–Kier alpha value is -1.43. The van der Waals surface area contributed by atoms with Gasteiger partial charge in [-0.2, -0.15) is 0 Å². The standard InChI is InChI=1S/C14H18N2O3S/c17-13(4-3-10-7-20-8-15-10)16-5-11(9-1-2-9)12(6-16)14(18)19/h7-9,11-12H,1-6H2,(H,18,19)/t11-,12+/m1/s1. The van der Waals surface area contributed by atoms with Gasteiger partial charge in [0.1, 0.15) is 0 Å². The molecule has 5 nitrogen and oxygen atoms in total. The monoisotopic (exact) mass is 294 g/mol. The number of carbonyl (C=O) groups is 2. The summed E-state index contributed by atoms with van der Waals surface area (Å²) in [7, 11) is 0. The molecule has 1 aromatic rings. The van der Waals surface area contributed by atoms with E-state index < -0.39 is 5.97 Å². The zero-order valence-electron chi connectivity index (χ0n) is 11.2. The predicted molar refractivity (Wildman–Crippen MR) is 74.4 cm³/mol. The van der Waals surface area contributed by atoms with Crippen molar-refractivity contribution in [3.63, 3.8) is 0 Å². The Balaban J connectivity index is 1.57. The second kappa shape index (κ2) is 5.52. The molecule has 1 N–H and O–H groups in total.